The second kappa shape index (κ2) is 5.98. The number of fused-ring (bicyclic) bond motifs is 3. The molecule has 2 N–H and O–H groups in total. The molecule has 0 spiro atoms. The first kappa shape index (κ1) is 15.3. The van der Waals surface area contributed by atoms with Crippen molar-refractivity contribution in [2.24, 2.45) is 0 Å². The van der Waals surface area contributed by atoms with E-state index in [9.17, 15) is 0 Å². The van der Waals surface area contributed by atoms with Crippen LogP contribution in [0.15, 0.2) is 42.7 Å². The number of aromatic amines is 1. The molecule has 0 fully saturated rings. The quantitative estimate of drug-likeness (QED) is 0.586. The Morgan fingerprint density at radius 1 is 0.960 bits per heavy atom. The Labute approximate surface area is 144 Å². The number of nitrogens with one attached hydrogen (secondary N) is 2. The second-order valence-corrected chi connectivity index (χ2v) is 5.79. The number of imidazole rings is 1. The number of hydrogen-bond acceptors (Lipinski definition) is 5. The summed E-state index contributed by atoms with van der Waals surface area (Å²) in [6.45, 7) is 2.03. The summed E-state index contributed by atoms with van der Waals surface area (Å²) in [5.41, 5.74) is 5.67. The van der Waals surface area contributed by atoms with Gasteiger partial charge in [-0.25, -0.2) is 9.97 Å². The standard InChI is InChI=1S/C19H18N4O2/c1-11-8-15(23-12-4-7-16(24-2)17(9-12)25-3)18-13(22-11)5-6-14-19(18)21-10-20-14/h4-10,22-23H,1-3H3. The Bertz CT molecular complexity index is 1070. The van der Waals surface area contributed by atoms with Crippen LogP contribution in [-0.2, 0) is 0 Å². The van der Waals surface area contributed by atoms with Crippen LogP contribution in [-0.4, -0.2) is 29.2 Å². The van der Waals surface area contributed by atoms with Crippen LogP contribution < -0.4 is 14.8 Å². The summed E-state index contributed by atoms with van der Waals surface area (Å²) in [7, 11) is 3.25. The Morgan fingerprint density at radius 3 is 2.60 bits per heavy atom. The minimum atomic E-state index is 0.675. The van der Waals surface area contributed by atoms with Crippen LogP contribution in [0.1, 0.15) is 5.69 Å². The SMILES string of the molecule is COc1ccc(Nc2cc(C)[nH]c3ccc4ncnc4c23)cc1OC. The van der Waals surface area contributed by atoms with Crippen molar-refractivity contribution in [1.29, 1.82) is 0 Å². The van der Waals surface area contributed by atoms with Gasteiger partial charge in [0.15, 0.2) is 11.5 Å². The monoisotopic (exact) mass is 334 g/mol. The Balaban J connectivity index is 1.87. The predicted molar refractivity (Wildman–Crippen MR) is 99.0 cm³/mol. The maximum absolute atomic E-state index is 5.39. The van der Waals surface area contributed by atoms with E-state index in [0.29, 0.717) is 11.5 Å². The van der Waals surface area contributed by atoms with Crippen molar-refractivity contribution < 1.29 is 9.47 Å². The molecule has 0 saturated carbocycles. The van der Waals surface area contributed by atoms with Gasteiger partial charge in [-0.1, -0.05) is 0 Å². The number of H-pyrrole nitrogens is 1. The molecule has 4 aromatic rings. The molecule has 0 aliphatic carbocycles. The van der Waals surface area contributed by atoms with Crippen molar-refractivity contribution in [3.8, 4) is 11.5 Å². The number of methoxy groups -OCH3 is 2. The first-order valence-corrected chi connectivity index (χ1v) is 7.91. The molecule has 0 aliphatic rings. The van der Waals surface area contributed by atoms with Gasteiger partial charge in [-0.05, 0) is 37.3 Å². The summed E-state index contributed by atoms with van der Waals surface area (Å²) < 4.78 is 10.7. The fourth-order valence-electron chi connectivity index (χ4n) is 3.05. The molecule has 0 atom stereocenters. The van der Waals surface area contributed by atoms with Gasteiger partial charge in [0.2, 0.25) is 0 Å². The number of benzene rings is 2. The highest BCUT2D eigenvalue weighted by Gasteiger charge is 2.11. The van der Waals surface area contributed by atoms with Gasteiger partial charge in [0.25, 0.3) is 0 Å². The van der Waals surface area contributed by atoms with Gasteiger partial charge in [-0.2, -0.15) is 0 Å². The Hall–Kier alpha value is -3.28. The normalized spacial score (nSPS) is 11.0. The molecular weight excluding hydrogens is 316 g/mol. The van der Waals surface area contributed by atoms with Gasteiger partial charge in [-0.15, -0.1) is 0 Å². The van der Waals surface area contributed by atoms with Crippen LogP contribution in [0.2, 0.25) is 0 Å². The van der Waals surface area contributed by atoms with E-state index < -0.39 is 0 Å². The van der Waals surface area contributed by atoms with Crippen LogP contribution in [0.5, 0.6) is 11.5 Å². The van der Waals surface area contributed by atoms with E-state index in [1.165, 1.54) is 0 Å². The number of nitrogens with zero attached hydrogens (tertiary/aromatic N) is 2. The number of aromatic nitrogens is 3. The summed E-state index contributed by atoms with van der Waals surface area (Å²) in [6.07, 6.45) is 1.59. The molecule has 25 heavy (non-hydrogen) atoms. The van der Waals surface area contributed by atoms with Crippen molar-refractivity contribution in [2.45, 2.75) is 6.92 Å². The van der Waals surface area contributed by atoms with Crippen LogP contribution in [0, 0.1) is 6.92 Å². The molecule has 0 bridgehead atoms. The van der Waals surface area contributed by atoms with Gasteiger partial charge in [0, 0.05) is 28.4 Å². The molecule has 0 unspecified atom stereocenters. The summed E-state index contributed by atoms with van der Waals surface area (Å²) >= 11 is 0. The molecule has 2 aromatic carbocycles. The fourth-order valence-corrected chi connectivity index (χ4v) is 3.05. The predicted octanol–water partition coefficient (Wildman–Crippen LogP) is 4.18. The molecule has 0 saturated heterocycles. The van der Waals surface area contributed by atoms with Crippen LogP contribution in [0.3, 0.4) is 0 Å². The summed E-state index contributed by atoms with van der Waals surface area (Å²) in [4.78, 5) is 12.1. The third-order valence-electron chi connectivity index (χ3n) is 4.16. The maximum atomic E-state index is 5.39. The zero-order valence-corrected chi connectivity index (χ0v) is 14.3. The van der Waals surface area contributed by atoms with Gasteiger partial charge in [-0.3, -0.25) is 0 Å². The minimum Gasteiger partial charge on any atom is -0.493 e. The summed E-state index contributed by atoms with van der Waals surface area (Å²) in [5.74, 6) is 1.37. The lowest BCUT2D eigenvalue weighted by molar-refractivity contribution is 0.355. The average molecular weight is 334 g/mol. The van der Waals surface area contributed by atoms with Crippen LogP contribution >= 0.6 is 0 Å². The number of rotatable bonds is 4. The van der Waals surface area contributed by atoms with Gasteiger partial charge in [0.1, 0.15) is 11.8 Å². The topological polar surface area (TPSA) is 72.1 Å². The van der Waals surface area contributed by atoms with Crippen molar-refractivity contribution in [3.05, 3.63) is 48.4 Å². The Morgan fingerprint density at radius 2 is 1.80 bits per heavy atom. The molecule has 126 valence electrons. The molecule has 0 amide bonds. The van der Waals surface area contributed by atoms with E-state index >= 15 is 0 Å². The number of hydrogen-bond donors (Lipinski definition) is 2. The van der Waals surface area contributed by atoms with E-state index in [1.807, 2.05) is 37.3 Å². The van der Waals surface area contributed by atoms with E-state index in [-0.39, 0.29) is 0 Å². The highest BCUT2D eigenvalue weighted by molar-refractivity contribution is 6.10. The first-order valence-electron chi connectivity index (χ1n) is 7.91. The van der Waals surface area contributed by atoms with Gasteiger partial charge >= 0.3 is 0 Å². The molecule has 2 aromatic heterocycles. The van der Waals surface area contributed by atoms with Gasteiger partial charge in [0.05, 0.1) is 25.4 Å². The van der Waals surface area contributed by atoms with E-state index in [1.54, 1.807) is 20.5 Å². The minimum absolute atomic E-state index is 0.675. The molecule has 6 heteroatoms. The highest BCUT2D eigenvalue weighted by Crippen LogP contribution is 2.34. The van der Waals surface area contributed by atoms with Crippen LogP contribution in [0.4, 0.5) is 11.4 Å². The highest BCUT2D eigenvalue weighted by atomic mass is 16.5. The largest absolute Gasteiger partial charge is 0.493 e. The lowest BCUT2D eigenvalue weighted by Gasteiger charge is -2.14. The van der Waals surface area contributed by atoms with Crippen molar-refractivity contribution in [3.63, 3.8) is 0 Å². The van der Waals surface area contributed by atoms with Crippen molar-refractivity contribution in [1.82, 2.24) is 15.0 Å². The molecular formula is C19H18N4O2. The smallest absolute Gasteiger partial charge is 0.162 e. The van der Waals surface area contributed by atoms with E-state index in [4.69, 9.17) is 9.47 Å². The lowest BCUT2D eigenvalue weighted by Crippen LogP contribution is -1.97. The van der Waals surface area contributed by atoms with E-state index in [0.717, 1.165) is 39.0 Å². The zero-order chi connectivity index (χ0) is 17.4. The van der Waals surface area contributed by atoms with Crippen molar-refractivity contribution >= 4 is 33.3 Å². The summed E-state index contributed by atoms with van der Waals surface area (Å²) in [6, 6.07) is 11.8. The fraction of sp³-hybridized carbons (Fsp3) is 0.158. The van der Waals surface area contributed by atoms with E-state index in [2.05, 4.69) is 26.3 Å². The number of ether oxygens (including phenoxy) is 2. The number of pyridine rings is 1. The van der Waals surface area contributed by atoms with Crippen molar-refractivity contribution in [2.75, 3.05) is 19.5 Å². The maximum Gasteiger partial charge on any atom is 0.162 e. The second-order valence-electron chi connectivity index (χ2n) is 5.79. The summed E-state index contributed by atoms with van der Waals surface area (Å²) in [5, 5.41) is 4.48. The zero-order valence-electron chi connectivity index (χ0n) is 14.3. The Kier molecular flexibility index (Phi) is 3.65. The third-order valence-corrected chi connectivity index (χ3v) is 4.16. The average Bonchev–Trinajstić information content (AvgIpc) is 3.09. The molecule has 2 heterocycles. The molecule has 0 radical (unpaired) electrons. The molecule has 0 aliphatic heterocycles. The number of aryl methyl sites for hydroxylation is 1. The molecule has 4 rings (SSSR count). The number of anilines is 2. The van der Waals surface area contributed by atoms with Crippen LogP contribution in [0.25, 0.3) is 21.9 Å². The van der Waals surface area contributed by atoms with Gasteiger partial charge < -0.3 is 19.8 Å². The molecule has 6 nitrogen and oxygen atoms in total. The first-order chi connectivity index (χ1) is 12.2. The lowest BCUT2D eigenvalue weighted by atomic mass is 10.1. The third kappa shape index (κ3) is 2.61.